The van der Waals surface area contributed by atoms with E-state index in [2.05, 4.69) is 5.32 Å². The predicted molar refractivity (Wildman–Crippen MR) is 116 cm³/mol. The topological polar surface area (TPSA) is 98.5 Å². The van der Waals surface area contributed by atoms with Crippen LogP contribution in [-0.2, 0) is 22.6 Å². The van der Waals surface area contributed by atoms with E-state index in [1.807, 2.05) is 30.3 Å². The third-order valence-corrected chi connectivity index (χ3v) is 4.76. The lowest BCUT2D eigenvalue weighted by Crippen LogP contribution is -2.43. The average Bonchev–Trinajstić information content (AvgIpc) is 2.78. The van der Waals surface area contributed by atoms with Gasteiger partial charge in [-0.1, -0.05) is 41.9 Å². The first-order valence-electron chi connectivity index (χ1n) is 9.42. The molecule has 0 unspecified atom stereocenters. The molecule has 0 aromatic heterocycles. The number of carbonyl (C=O) groups excluding carboxylic acids is 2. The highest BCUT2D eigenvalue weighted by atomic mass is 35.5. The number of nitro benzene ring substituents is 1. The fraction of sp³-hybridized carbons (Fsp3) is 0.130. The fourth-order valence-corrected chi connectivity index (χ4v) is 2.98. The van der Waals surface area contributed by atoms with Crippen molar-refractivity contribution in [1.29, 1.82) is 0 Å². The second kappa shape index (κ2) is 10.4. The van der Waals surface area contributed by atoms with Gasteiger partial charge in [-0.05, 0) is 47.5 Å². The summed E-state index contributed by atoms with van der Waals surface area (Å²) in [4.78, 5) is 35.6. The number of hydrogen-bond donors (Lipinski definition) is 1. The van der Waals surface area contributed by atoms with Crippen molar-refractivity contribution in [1.82, 2.24) is 5.32 Å². The minimum Gasteiger partial charge on any atom is -0.459 e. The summed E-state index contributed by atoms with van der Waals surface area (Å²) in [6, 6.07) is 20.4. The van der Waals surface area contributed by atoms with Crippen molar-refractivity contribution in [3.63, 3.8) is 0 Å². The van der Waals surface area contributed by atoms with Crippen molar-refractivity contribution in [2.75, 3.05) is 0 Å². The molecule has 3 rings (SSSR count). The summed E-state index contributed by atoms with van der Waals surface area (Å²) in [6.07, 6.45) is 0.249. The predicted octanol–water partition coefficient (Wildman–Crippen LogP) is 4.33. The zero-order chi connectivity index (χ0) is 22.2. The lowest BCUT2D eigenvalue weighted by molar-refractivity contribution is -0.384. The first-order valence-corrected chi connectivity index (χ1v) is 9.80. The summed E-state index contributed by atoms with van der Waals surface area (Å²) in [5.74, 6) is -1.03. The van der Waals surface area contributed by atoms with Gasteiger partial charge in [0.25, 0.3) is 11.6 Å². The Balaban J connectivity index is 1.70. The molecule has 0 radical (unpaired) electrons. The number of amides is 1. The smallest absolute Gasteiger partial charge is 0.329 e. The Labute approximate surface area is 183 Å². The SMILES string of the molecule is O=C(N[C@H](Cc1ccccc1)C(=O)OCc1ccc([N+](=O)[O-])cc1)c1ccc(Cl)cc1. The highest BCUT2D eigenvalue weighted by Gasteiger charge is 2.23. The molecule has 0 saturated carbocycles. The number of halogens is 1. The minimum atomic E-state index is -0.913. The van der Waals surface area contributed by atoms with E-state index in [9.17, 15) is 19.7 Å². The third-order valence-electron chi connectivity index (χ3n) is 4.51. The van der Waals surface area contributed by atoms with E-state index in [4.69, 9.17) is 16.3 Å². The fourth-order valence-electron chi connectivity index (χ4n) is 2.85. The summed E-state index contributed by atoms with van der Waals surface area (Å²) in [5, 5.41) is 14.0. The number of hydrogen-bond acceptors (Lipinski definition) is 5. The quantitative estimate of drug-likeness (QED) is 0.320. The van der Waals surface area contributed by atoms with E-state index in [1.165, 1.54) is 24.3 Å². The van der Waals surface area contributed by atoms with Crippen molar-refractivity contribution in [3.8, 4) is 0 Å². The summed E-state index contributed by atoms with van der Waals surface area (Å²) >= 11 is 5.86. The number of non-ortho nitro benzene ring substituents is 1. The van der Waals surface area contributed by atoms with E-state index >= 15 is 0 Å². The summed E-state index contributed by atoms with van der Waals surface area (Å²) in [7, 11) is 0. The number of esters is 1. The first-order chi connectivity index (χ1) is 14.9. The molecule has 1 N–H and O–H groups in total. The van der Waals surface area contributed by atoms with Gasteiger partial charge in [0.1, 0.15) is 12.6 Å². The van der Waals surface area contributed by atoms with Gasteiger partial charge in [-0.15, -0.1) is 0 Å². The molecule has 3 aromatic carbocycles. The molecule has 0 fully saturated rings. The number of rotatable bonds is 8. The van der Waals surface area contributed by atoms with Crippen LogP contribution in [0.3, 0.4) is 0 Å². The highest BCUT2D eigenvalue weighted by molar-refractivity contribution is 6.30. The van der Waals surface area contributed by atoms with Crippen molar-refractivity contribution >= 4 is 29.2 Å². The maximum Gasteiger partial charge on any atom is 0.329 e. The van der Waals surface area contributed by atoms with E-state index in [1.54, 1.807) is 24.3 Å². The van der Waals surface area contributed by atoms with Crippen LogP contribution in [0.4, 0.5) is 5.69 Å². The van der Waals surface area contributed by atoms with Crippen LogP contribution in [0.15, 0.2) is 78.9 Å². The van der Waals surface area contributed by atoms with Crippen LogP contribution in [0.1, 0.15) is 21.5 Å². The molecule has 0 spiro atoms. The molecular formula is C23H19ClN2O5. The molecular weight excluding hydrogens is 420 g/mol. The van der Waals surface area contributed by atoms with Crippen LogP contribution in [0, 0.1) is 10.1 Å². The number of carbonyl (C=O) groups is 2. The van der Waals surface area contributed by atoms with Gasteiger partial charge in [0.05, 0.1) is 4.92 Å². The molecule has 0 aliphatic rings. The number of nitrogens with zero attached hydrogens (tertiary/aromatic N) is 1. The maximum absolute atomic E-state index is 12.8. The van der Waals surface area contributed by atoms with Crippen molar-refractivity contribution in [2.24, 2.45) is 0 Å². The van der Waals surface area contributed by atoms with Crippen LogP contribution in [-0.4, -0.2) is 22.8 Å². The normalized spacial score (nSPS) is 11.4. The van der Waals surface area contributed by atoms with Gasteiger partial charge in [0.15, 0.2) is 0 Å². The molecule has 31 heavy (non-hydrogen) atoms. The summed E-state index contributed by atoms with van der Waals surface area (Å²) in [5.41, 5.74) is 1.77. The van der Waals surface area contributed by atoms with Gasteiger partial charge in [-0.3, -0.25) is 14.9 Å². The Morgan fingerprint density at radius 3 is 2.19 bits per heavy atom. The van der Waals surface area contributed by atoms with Gasteiger partial charge < -0.3 is 10.1 Å². The summed E-state index contributed by atoms with van der Waals surface area (Å²) in [6.45, 7) is -0.0705. The Hall–Kier alpha value is -3.71. The zero-order valence-electron chi connectivity index (χ0n) is 16.4. The monoisotopic (exact) mass is 438 g/mol. The van der Waals surface area contributed by atoms with Gasteiger partial charge >= 0.3 is 5.97 Å². The second-order valence-electron chi connectivity index (χ2n) is 6.75. The Bertz CT molecular complexity index is 1050. The number of benzene rings is 3. The number of nitro groups is 1. The molecule has 0 aliphatic heterocycles. The van der Waals surface area contributed by atoms with Crippen LogP contribution < -0.4 is 5.32 Å². The Morgan fingerprint density at radius 1 is 0.935 bits per heavy atom. The summed E-state index contributed by atoms with van der Waals surface area (Å²) < 4.78 is 5.37. The molecule has 0 aliphatic carbocycles. The van der Waals surface area contributed by atoms with Gasteiger partial charge in [0.2, 0.25) is 0 Å². The highest BCUT2D eigenvalue weighted by Crippen LogP contribution is 2.14. The second-order valence-corrected chi connectivity index (χ2v) is 7.19. The first kappa shape index (κ1) is 22.0. The molecule has 0 bridgehead atoms. The van der Waals surface area contributed by atoms with Gasteiger partial charge in [-0.2, -0.15) is 0 Å². The third kappa shape index (κ3) is 6.38. The standard InChI is InChI=1S/C23H19ClN2O5/c24-19-10-8-18(9-11-19)22(27)25-21(14-16-4-2-1-3-5-16)23(28)31-15-17-6-12-20(13-7-17)26(29)30/h1-13,21H,14-15H2,(H,25,27)/t21-/m1/s1. The van der Waals surface area contributed by atoms with Gasteiger partial charge in [0, 0.05) is 29.1 Å². The molecule has 158 valence electrons. The lowest BCUT2D eigenvalue weighted by Gasteiger charge is -2.18. The molecule has 7 nitrogen and oxygen atoms in total. The molecule has 8 heteroatoms. The Kier molecular flexibility index (Phi) is 7.35. The molecule has 0 heterocycles. The molecule has 3 aromatic rings. The van der Waals surface area contributed by atoms with Crippen LogP contribution in [0.5, 0.6) is 0 Å². The van der Waals surface area contributed by atoms with Crippen LogP contribution in [0.2, 0.25) is 5.02 Å². The maximum atomic E-state index is 12.8. The Morgan fingerprint density at radius 2 is 1.58 bits per heavy atom. The zero-order valence-corrected chi connectivity index (χ0v) is 17.1. The largest absolute Gasteiger partial charge is 0.459 e. The van der Waals surface area contributed by atoms with Crippen molar-refractivity contribution in [2.45, 2.75) is 19.1 Å². The minimum absolute atomic E-state index is 0.0488. The lowest BCUT2D eigenvalue weighted by atomic mass is 10.1. The molecule has 1 amide bonds. The van der Waals surface area contributed by atoms with E-state index in [0.29, 0.717) is 16.1 Å². The van der Waals surface area contributed by atoms with E-state index < -0.39 is 22.8 Å². The van der Waals surface area contributed by atoms with E-state index in [-0.39, 0.29) is 18.7 Å². The van der Waals surface area contributed by atoms with E-state index in [0.717, 1.165) is 5.56 Å². The van der Waals surface area contributed by atoms with Crippen LogP contribution in [0.25, 0.3) is 0 Å². The molecule has 0 saturated heterocycles. The number of nitrogens with one attached hydrogen (secondary N) is 1. The van der Waals surface area contributed by atoms with Crippen molar-refractivity contribution < 1.29 is 19.2 Å². The number of ether oxygens (including phenoxy) is 1. The molecule has 1 atom stereocenters. The van der Waals surface area contributed by atoms with Crippen LogP contribution >= 0.6 is 11.6 Å². The van der Waals surface area contributed by atoms with Crippen molar-refractivity contribution in [3.05, 3.63) is 111 Å². The average molecular weight is 439 g/mol. The van der Waals surface area contributed by atoms with Gasteiger partial charge in [-0.25, -0.2) is 4.79 Å².